The van der Waals surface area contributed by atoms with Crippen LogP contribution in [0.1, 0.15) is 25.3 Å². The number of amides is 2. The van der Waals surface area contributed by atoms with E-state index in [9.17, 15) is 18.0 Å². The van der Waals surface area contributed by atoms with Gasteiger partial charge in [-0.15, -0.1) is 0 Å². The molecule has 0 saturated heterocycles. The molecule has 0 spiro atoms. The van der Waals surface area contributed by atoms with E-state index in [0.717, 1.165) is 12.8 Å². The van der Waals surface area contributed by atoms with Crippen LogP contribution >= 0.6 is 0 Å². The van der Waals surface area contributed by atoms with Crippen molar-refractivity contribution in [2.45, 2.75) is 32.4 Å². The first-order valence-corrected chi connectivity index (χ1v) is 7.18. The van der Waals surface area contributed by atoms with Gasteiger partial charge >= 0.3 is 12.2 Å². The molecule has 0 bridgehead atoms. The van der Waals surface area contributed by atoms with E-state index in [1.165, 1.54) is 29.2 Å². The fraction of sp³-hybridized carbons (Fsp3) is 0.533. The second-order valence-electron chi connectivity index (χ2n) is 4.99. The van der Waals surface area contributed by atoms with E-state index < -0.39 is 18.6 Å². The zero-order chi connectivity index (χ0) is 16.6. The molecule has 0 heterocycles. The van der Waals surface area contributed by atoms with Gasteiger partial charge < -0.3 is 15.3 Å². The molecule has 0 saturated carbocycles. The van der Waals surface area contributed by atoms with Crippen molar-refractivity contribution in [1.82, 2.24) is 4.90 Å². The van der Waals surface area contributed by atoms with Crippen LogP contribution in [-0.2, 0) is 6.42 Å². The highest BCUT2D eigenvalue weighted by Crippen LogP contribution is 2.23. The molecule has 1 rings (SSSR count). The van der Waals surface area contributed by atoms with Gasteiger partial charge in [-0.25, -0.2) is 4.79 Å². The Labute approximate surface area is 127 Å². The second-order valence-corrected chi connectivity index (χ2v) is 4.99. The molecule has 2 N–H and O–H groups in total. The van der Waals surface area contributed by atoms with Gasteiger partial charge in [0.1, 0.15) is 0 Å². The molecular weight excluding hydrogens is 297 g/mol. The highest BCUT2D eigenvalue weighted by Gasteiger charge is 2.27. The highest BCUT2D eigenvalue weighted by atomic mass is 19.4. The molecule has 0 radical (unpaired) electrons. The number of anilines is 1. The zero-order valence-corrected chi connectivity index (χ0v) is 12.5. The molecule has 0 unspecified atom stereocenters. The number of benzene rings is 1. The van der Waals surface area contributed by atoms with Crippen molar-refractivity contribution in [3.8, 4) is 0 Å². The minimum Gasteiger partial charge on any atom is -0.395 e. The Morgan fingerprint density at radius 3 is 2.64 bits per heavy atom. The van der Waals surface area contributed by atoms with Crippen LogP contribution in [0.2, 0.25) is 0 Å². The summed E-state index contributed by atoms with van der Waals surface area (Å²) in [6, 6.07) is 5.26. The van der Waals surface area contributed by atoms with Crippen molar-refractivity contribution in [2.24, 2.45) is 0 Å². The molecular formula is C15H21F3N2O2. The van der Waals surface area contributed by atoms with E-state index in [1.807, 2.05) is 6.92 Å². The molecule has 124 valence electrons. The Morgan fingerprint density at radius 2 is 2.05 bits per heavy atom. The van der Waals surface area contributed by atoms with Crippen LogP contribution in [0.3, 0.4) is 0 Å². The summed E-state index contributed by atoms with van der Waals surface area (Å²) < 4.78 is 37.1. The molecule has 0 aliphatic carbocycles. The first kappa shape index (κ1) is 18.3. The number of urea groups is 1. The lowest BCUT2D eigenvalue weighted by Gasteiger charge is -2.22. The van der Waals surface area contributed by atoms with Crippen molar-refractivity contribution >= 4 is 11.7 Å². The first-order chi connectivity index (χ1) is 10.4. The predicted molar refractivity (Wildman–Crippen MR) is 78.8 cm³/mol. The minimum absolute atomic E-state index is 0.0903. The van der Waals surface area contributed by atoms with Crippen molar-refractivity contribution in [1.29, 1.82) is 0 Å². The van der Waals surface area contributed by atoms with E-state index in [0.29, 0.717) is 12.2 Å². The van der Waals surface area contributed by atoms with Crippen molar-refractivity contribution < 1.29 is 23.1 Å². The molecule has 0 fully saturated rings. The standard InChI is InChI=1S/C15H21F3N2O2/c1-2-3-7-20(8-9-21)14(22)19-13-6-4-5-12(10-13)11-15(16,17)18/h4-6,10,21H,2-3,7-9,11H2,1H3,(H,19,22). The number of carbonyl (C=O) groups is 1. The lowest BCUT2D eigenvalue weighted by molar-refractivity contribution is -0.127. The van der Waals surface area contributed by atoms with Gasteiger partial charge in [-0.2, -0.15) is 13.2 Å². The molecule has 0 aliphatic rings. The van der Waals surface area contributed by atoms with Crippen LogP contribution in [0.5, 0.6) is 0 Å². The fourth-order valence-electron chi connectivity index (χ4n) is 1.98. The molecule has 22 heavy (non-hydrogen) atoms. The van der Waals surface area contributed by atoms with Crippen LogP contribution in [0, 0.1) is 0 Å². The monoisotopic (exact) mass is 318 g/mol. The van der Waals surface area contributed by atoms with Gasteiger partial charge in [0.05, 0.1) is 13.0 Å². The Bertz CT molecular complexity index is 478. The maximum absolute atomic E-state index is 12.4. The summed E-state index contributed by atoms with van der Waals surface area (Å²) in [7, 11) is 0. The van der Waals surface area contributed by atoms with Crippen LogP contribution in [-0.4, -0.2) is 41.9 Å². The number of halogens is 3. The third-order valence-electron chi connectivity index (χ3n) is 3.02. The Kier molecular flexibility index (Phi) is 7.17. The summed E-state index contributed by atoms with van der Waals surface area (Å²) >= 11 is 0. The number of unbranched alkanes of at least 4 members (excludes halogenated alkanes) is 1. The Hall–Kier alpha value is -1.76. The third kappa shape index (κ3) is 6.80. The summed E-state index contributed by atoms with van der Waals surface area (Å²) in [6.07, 6.45) is -3.63. The van der Waals surface area contributed by atoms with Gasteiger partial charge in [-0.3, -0.25) is 0 Å². The van der Waals surface area contributed by atoms with E-state index in [4.69, 9.17) is 5.11 Å². The van der Waals surface area contributed by atoms with Gasteiger partial charge in [0, 0.05) is 18.8 Å². The Morgan fingerprint density at radius 1 is 1.32 bits per heavy atom. The van der Waals surface area contributed by atoms with Gasteiger partial charge in [0.15, 0.2) is 0 Å². The van der Waals surface area contributed by atoms with Crippen molar-refractivity contribution in [3.05, 3.63) is 29.8 Å². The van der Waals surface area contributed by atoms with E-state index >= 15 is 0 Å². The minimum atomic E-state index is -4.29. The molecule has 0 aliphatic heterocycles. The fourth-order valence-corrected chi connectivity index (χ4v) is 1.98. The number of nitrogens with one attached hydrogen (secondary N) is 1. The number of rotatable bonds is 7. The predicted octanol–water partition coefficient (Wildman–Crippen LogP) is 3.42. The summed E-state index contributed by atoms with van der Waals surface area (Å²) in [5.41, 5.74) is 0.402. The SMILES string of the molecule is CCCCN(CCO)C(=O)Nc1cccc(CC(F)(F)F)c1. The normalized spacial score (nSPS) is 11.3. The highest BCUT2D eigenvalue weighted by molar-refractivity contribution is 5.89. The molecule has 0 aromatic heterocycles. The topological polar surface area (TPSA) is 52.6 Å². The van der Waals surface area contributed by atoms with E-state index in [1.54, 1.807) is 0 Å². The summed E-state index contributed by atoms with van der Waals surface area (Å²) in [5.74, 6) is 0. The number of carbonyl (C=O) groups excluding carboxylic acids is 1. The van der Waals surface area contributed by atoms with Crippen molar-refractivity contribution in [3.63, 3.8) is 0 Å². The zero-order valence-electron chi connectivity index (χ0n) is 12.5. The molecule has 1 aromatic rings. The number of nitrogens with zero attached hydrogens (tertiary/aromatic N) is 1. The Balaban J connectivity index is 2.71. The first-order valence-electron chi connectivity index (χ1n) is 7.18. The van der Waals surface area contributed by atoms with Crippen LogP contribution < -0.4 is 5.32 Å². The van der Waals surface area contributed by atoms with E-state index in [-0.39, 0.29) is 18.7 Å². The van der Waals surface area contributed by atoms with Crippen molar-refractivity contribution in [2.75, 3.05) is 25.0 Å². The summed E-state index contributed by atoms with van der Waals surface area (Å²) in [4.78, 5) is 13.5. The lowest BCUT2D eigenvalue weighted by atomic mass is 10.1. The maximum Gasteiger partial charge on any atom is 0.393 e. The summed E-state index contributed by atoms with van der Waals surface area (Å²) in [5, 5.41) is 11.5. The summed E-state index contributed by atoms with van der Waals surface area (Å²) in [6.45, 7) is 2.50. The largest absolute Gasteiger partial charge is 0.395 e. The number of hydrogen-bond donors (Lipinski definition) is 2. The third-order valence-corrected chi connectivity index (χ3v) is 3.02. The average molecular weight is 318 g/mol. The molecule has 2 amide bonds. The average Bonchev–Trinajstić information content (AvgIpc) is 2.41. The van der Waals surface area contributed by atoms with E-state index in [2.05, 4.69) is 5.32 Å². The number of alkyl halides is 3. The van der Waals surface area contributed by atoms with Gasteiger partial charge in [-0.1, -0.05) is 25.5 Å². The quantitative estimate of drug-likeness (QED) is 0.809. The smallest absolute Gasteiger partial charge is 0.393 e. The van der Waals surface area contributed by atoms with Crippen LogP contribution in [0.15, 0.2) is 24.3 Å². The van der Waals surface area contributed by atoms with Crippen LogP contribution in [0.4, 0.5) is 23.7 Å². The number of hydrogen-bond acceptors (Lipinski definition) is 2. The lowest BCUT2D eigenvalue weighted by Crippen LogP contribution is -2.37. The molecule has 7 heteroatoms. The number of aliphatic hydroxyl groups excluding tert-OH is 1. The molecule has 0 atom stereocenters. The molecule has 4 nitrogen and oxygen atoms in total. The maximum atomic E-state index is 12.4. The second kappa shape index (κ2) is 8.63. The van der Waals surface area contributed by atoms with Gasteiger partial charge in [-0.05, 0) is 24.1 Å². The van der Waals surface area contributed by atoms with Crippen LogP contribution in [0.25, 0.3) is 0 Å². The van der Waals surface area contributed by atoms with Gasteiger partial charge in [0.2, 0.25) is 0 Å². The van der Waals surface area contributed by atoms with Gasteiger partial charge in [0.25, 0.3) is 0 Å². The number of aliphatic hydroxyl groups is 1. The molecule has 1 aromatic carbocycles.